The van der Waals surface area contributed by atoms with Crippen LogP contribution in [0.4, 0.5) is 21.7 Å². The van der Waals surface area contributed by atoms with Crippen LogP contribution in [0.3, 0.4) is 0 Å². The lowest BCUT2D eigenvalue weighted by molar-refractivity contribution is -0.135. The molecule has 3 heterocycles. The summed E-state index contributed by atoms with van der Waals surface area (Å²) in [6.07, 6.45) is 1.46. The van der Waals surface area contributed by atoms with E-state index < -0.39 is 12.8 Å². The fourth-order valence-corrected chi connectivity index (χ4v) is 4.47. The van der Waals surface area contributed by atoms with E-state index in [4.69, 9.17) is 15.4 Å². The fourth-order valence-electron chi connectivity index (χ4n) is 4.47. The second kappa shape index (κ2) is 10.9. The number of amides is 1. The molecular weight excluding hydrogens is 467 g/mol. The molecule has 0 unspecified atom stereocenters. The summed E-state index contributed by atoms with van der Waals surface area (Å²) >= 11 is 0. The van der Waals surface area contributed by atoms with Crippen molar-refractivity contribution in [2.75, 3.05) is 44.0 Å². The van der Waals surface area contributed by atoms with Crippen LogP contribution in [0.2, 0.25) is 0 Å². The van der Waals surface area contributed by atoms with Crippen LogP contribution in [0, 0.1) is 11.4 Å². The Bertz CT molecular complexity index is 1250. The standard InChI is InChI=1S/C24H31FN8O3/c1-14-12-32(21(35)13-34)8-7-18(14)28-24-29-23(36-3)22-17(6-9-33(22)31-24)16-4-5-19(30-26)20(10-16)27-11-15(2)25/h4-6,9-10,14-15,18,26-27,34H,7-8,11-13H2,1-3H3,(H,28,31)/t14-,15-,18+/m1/s1. The number of hydrogen-bond donors (Lipinski definition) is 4. The van der Waals surface area contributed by atoms with Crippen molar-refractivity contribution in [3.05, 3.63) is 30.5 Å². The second-order valence-electron chi connectivity index (χ2n) is 8.99. The number of benzene rings is 1. The van der Waals surface area contributed by atoms with Gasteiger partial charge in [0.25, 0.3) is 0 Å². The molecular formula is C24H31FN8O3. The summed E-state index contributed by atoms with van der Waals surface area (Å²) in [6.45, 7) is 4.22. The first-order valence-electron chi connectivity index (χ1n) is 11.8. The summed E-state index contributed by atoms with van der Waals surface area (Å²) in [5.41, 5.74) is 10.7. The predicted octanol–water partition coefficient (Wildman–Crippen LogP) is 3.48. The zero-order valence-corrected chi connectivity index (χ0v) is 20.5. The smallest absolute Gasteiger partial charge is 0.248 e. The first-order valence-corrected chi connectivity index (χ1v) is 11.8. The number of nitrogens with one attached hydrogen (secondary N) is 3. The van der Waals surface area contributed by atoms with Gasteiger partial charge in [0.1, 0.15) is 24.0 Å². The van der Waals surface area contributed by atoms with Gasteiger partial charge in [-0.15, -0.1) is 5.10 Å². The van der Waals surface area contributed by atoms with Crippen molar-refractivity contribution in [3.63, 3.8) is 0 Å². The third kappa shape index (κ3) is 5.23. The Morgan fingerprint density at radius 1 is 1.42 bits per heavy atom. The van der Waals surface area contributed by atoms with E-state index in [2.05, 4.69) is 25.8 Å². The molecule has 0 bridgehead atoms. The molecule has 0 aliphatic carbocycles. The summed E-state index contributed by atoms with van der Waals surface area (Å²) < 4.78 is 20.7. The van der Waals surface area contributed by atoms with E-state index in [1.807, 2.05) is 31.3 Å². The monoisotopic (exact) mass is 498 g/mol. The summed E-state index contributed by atoms with van der Waals surface area (Å²) in [6, 6.07) is 7.31. The van der Waals surface area contributed by atoms with Gasteiger partial charge in [-0.05, 0) is 43.0 Å². The summed E-state index contributed by atoms with van der Waals surface area (Å²) in [5.74, 6) is 0.664. The van der Waals surface area contributed by atoms with Gasteiger partial charge in [0.2, 0.25) is 17.7 Å². The van der Waals surface area contributed by atoms with Crippen molar-refractivity contribution in [2.45, 2.75) is 32.5 Å². The summed E-state index contributed by atoms with van der Waals surface area (Å²) in [4.78, 5) is 18.1. The summed E-state index contributed by atoms with van der Waals surface area (Å²) in [5, 5.41) is 23.7. The molecule has 4 rings (SSSR count). The zero-order chi connectivity index (χ0) is 25.8. The topological polar surface area (TPSA) is 140 Å². The van der Waals surface area contributed by atoms with E-state index in [9.17, 15) is 9.18 Å². The number of fused-ring (bicyclic) bond motifs is 1. The molecule has 1 aliphatic rings. The van der Waals surface area contributed by atoms with E-state index in [1.165, 1.54) is 6.92 Å². The molecule has 1 saturated heterocycles. The molecule has 1 aromatic carbocycles. The second-order valence-corrected chi connectivity index (χ2v) is 8.99. The summed E-state index contributed by atoms with van der Waals surface area (Å²) in [7, 11) is 1.54. The van der Waals surface area contributed by atoms with Crippen molar-refractivity contribution >= 4 is 28.7 Å². The number of aliphatic hydroxyl groups excluding tert-OH is 1. The minimum Gasteiger partial charge on any atom is -0.479 e. The van der Waals surface area contributed by atoms with Gasteiger partial charge < -0.3 is 25.4 Å². The molecule has 12 heteroatoms. The minimum atomic E-state index is -1.05. The van der Waals surface area contributed by atoms with E-state index in [0.717, 1.165) is 11.1 Å². The molecule has 4 N–H and O–H groups in total. The third-order valence-corrected chi connectivity index (χ3v) is 6.38. The van der Waals surface area contributed by atoms with Crippen LogP contribution < -0.4 is 15.4 Å². The number of methoxy groups -OCH3 is 1. The van der Waals surface area contributed by atoms with Crippen LogP contribution in [0.25, 0.3) is 16.6 Å². The van der Waals surface area contributed by atoms with Crippen LogP contribution in [0.1, 0.15) is 20.3 Å². The molecule has 0 radical (unpaired) electrons. The Hall–Kier alpha value is -3.80. The van der Waals surface area contributed by atoms with Gasteiger partial charge >= 0.3 is 0 Å². The highest BCUT2D eigenvalue weighted by Crippen LogP contribution is 2.36. The molecule has 2 aromatic heterocycles. The SMILES string of the molecule is COc1nc(N[C@H]2CCN(C(=O)CO)C[C@H]2C)nn2ccc(-c3ccc(N=N)c(NC[C@@H](C)F)c3)c12. The molecule has 0 spiro atoms. The average molecular weight is 499 g/mol. The Labute approximate surface area is 208 Å². The molecule has 1 fully saturated rings. The molecule has 1 amide bonds. The lowest BCUT2D eigenvalue weighted by Gasteiger charge is -2.37. The Morgan fingerprint density at radius 2 is 2.22 bits per heavy atom. The first kappa shape index (κ1) is 25.3. The predicted molar refractivity (Wildman–Crippen MR) is 134 cm³/mol. The number of halogens is 1. The first-order chi connectivity index (χ1) is 17.3. The Morgan fingerprint density at radius 3 is 2.89 bits per heavy atom. The number of anilines is 2. The Balaban J connectivity index is 1.61. The van der Waals surface area contributed by atoms with Gasteiger partial charge in [-0.25, -0.2) is 14.4 Å². The number of aromatic nitrogens is 3. The lowest BCUT2D eigenvalue weighted by Crippen LogP contribution is -2.48. The third-order valence-electron chi connectivity index (χ3n) is 6.38. The van der Waals surface area contributed by atoms with Crippen LogP contribution in [-0.2, 0) is 4.79 Å². The van der Waals surface area contributed by atoms with Crippen molar-refractivity contribution in [3.8, 4) is 17.0 Å². The molecule has 0 saturated carbocycles. The molecule has 192 valence electrons. The number of piperidine rings is 1. The van der Waals surface area contributed by atoms with Gasteiger partial charge in [-0.2, -0.15) is 10.1 Å². The van der Waals surface area contributed by atoms with E-state index in [1.54, 1.807) is 22.6 Å². The van der Waals surface area contributed by atoms with Crippen LogP contribution in [0.5, 0.6) is 5.88 Å². The maximum absolute atomic E-state index is 13.4. The van der Waals surface area contributed by atoms with Crippen LogP contribution in [-0.4, -0.2) is 76.1 Å². The van der Waals surface area contributed by atoms with Gasteiger partial charge in [0, 0.05) is 37.4 Å². The lowest BCUT2D eigenvalue weighted by atomic mass is 9.94. The number of ether oxygens (including phenoxy) is 1. The average Bonchev–Trinajstić information content (AvgIpc) is 3.31. The number of likely N-dealkylation sites (tertiary alicyclic amines) is 1. The van der Waals surface area contributed by atoms with Crippen molar-refractivity contribution in [1.29, 1.82) is 5.53 Å². The number of rotatable bonds is 9. The van der Waals surface area contributed by atoms with Crippen LogP contribution in [0.15, 0.2) is 35.6 Å². The fraction of sp³-hybridized carbons (Fsp3) is 0.458. The van der Waals surface area contributed by atoms with E-state index in [-0.39, 0.29) is 24.4 Å². The van der Waals surface area contributed by atoms with Gasteiger partial charge in [0.15, 0.2) is 0 Å². The molecule has 36 heavy (non-hydrogen) atoms. The highest BCUT2D eigenvalue weighted by molar-refractivity contribution is 5.87. The van der Waals surface area contributed by atoms with Crippen LogP contribution >= 0.6 is 0 Å². The number of hydrogen-bond acceptors (Lipinski definition) is 9. The minimum absolute atomic E-state index is 0.0534. The number of carbonyl (C=O) groups excluding carboxylic acids is 1. The van der Waals surface area contributed by atoms with E-state index >= 15 is 0 Å². The highest BCUT2D eigenvalue weighted by Gasteiger charge is 2.29. The Kier molecular flexibility index (Phi) is 7.63. The van der Waals surface area contributed by atoms with Crippen molar-refractivity contribution < 1.29 is 19.0 Å². The highest BCUT2D eigenvalue weighted by atomic mass is 19.1. The number of nitrogens with zero attached hydrogens (tertiary/aromatic N) is 5. The quantitative estimate of drug-likeness (QED) is 0.331. The maximum atomic E-state index is 13.4. The molecule has 3 aromatic rings. The van der Waals surface area contributed by atoms with Gasteiger partial charge in [0.05, 0.1) is 12.8 Å². The molecule has 3 atom stereocenters. The normalized spacial score (nSPS) is 18.6. The number of aliphatic hydroxyl groups is 1. The maximum Gasteiger partial charge on any atom is 0.248 e. The largest absolute Gasteiger partial charge is 0.479 e. The molecule has 11 nitrogen and oxygen atoms in total. The van der Waals surface area contributed by atoms with Crippen molar-refractivity contribution in [2.24, 2.45) is 11.0 Å². The molecule has 1 aliphatic heterocycles. The van der Waals surface area contributed by atoms with Crippen molar-refractivity contribution in [1.82, 2.24) is 19.5 Å². The number of alkyl halides is 1. The van der Waals surface area contributed by atoms with Gasteiger partial charge in [-0.1, -0.05) is 13.0 Å². The van der Waals surface area contributed by atoms with Gasteiger partial charge in [-0.3, -0.25) is 4.79 Å². The number of carbonyl (C=O) groups is 1. The van der Waals surface area contributed by atoms with E-state index in [0.29, 0.717) is 48.2 Å². The zero-order valence-electron chi connectivity index (χ0n) is 20.5.